The fourth-order valence-electron chi connectivity index (χ4n) is 1.00. The van der Waals surface area contributed by atoms with E-state index in [0.717, 1.165) is 19.3 Å². The summed E-state index contributed by atoms with van der Waals surface area (Å²) in [6, 6.07) is 10.3. The Labute approximate surface area is 104 Å². The average molecular weight is 218 g/mol. The van der Waals surface area contributed by atoms with Gasteiger partial charge in [0.15, 0.2) is 0 Å². The molecular formula is C12H17MgO2+2. The van der Waals surface area contributed by atoms with Gasteiger partial charge in [0.25, 0.3) is 0 Å². The van der Waals surface area contributed by atoms with Gasteiger partial charge >= 0.3 is 31.4 Å². The number of carboxylic acids is 1. The van der Waals surface area contributed by atoms with E-state index in [1.165, 1.54) is 3.69 Å². The first kappa shape index (κ1) is 14.5. The van der Waals surface area contributed by atoms with Crippen LogP contribution < -0.4 is 3.69 Å². The van der Waals surface area contributed by atoms with Gasteiger partial charge in [-0.3, -0.25) is 4.79 Å². The van der Waals surface area contributed by atoms with Crippen molar-refractivity contribution in [3.05, 3.63) is 30.3 Å². The molecule has 0 saturated carbocycles. The van der Waals surface area contributed by atoms with E-state index in [4.69, 9.17) is 5.11 Å². The zero-order chi connectivity index (χ0) is 11.5. The molecule has 77 valence electrons. The molecule has 1 rings (SSSR count). The Kier molecular flexibility index (Phi) is 9.63. The summed E-state index contributed by atoms with van der Waals surface area (Å²) in [6.45, 7) is 2.06. The predicted octanol–water partition coefficient (Wildman–Crippen LogP) is 2.13. The molecule has 7 radical (unpaired) electrons. The third kappa shape index (κ3) is 11.4. The zero-order valence-electron chi connectivity index (χ0n) is 9.28. The first-order valence-corrected chi connectivity index (χ1v) is 5.96. The lowest BCUT2D eigenvalue weighted by atomic mass is 10.2. The van der Waals surface area contributed by atoms with E-state index in [1.54, 1.807) is 0 Å². The largest absolute Gasteiger partial charge is 1.47 e. The van der Waals surface area contributed by atoms with Crippen LogP contribution in [-0.2, 0) is 4.79 Å². The van der Waals surface area contributed by atoms with E-state index in [0.29, 0.717) is 6.42 Å². The van der Waals surface area contributed by atoms with Crippen molar-refractivity contribution in [2.75, 3.05) is 0 Å². The van der Waals surface area contributed by atoms with Crippen LogP contribution >= 0.6 is 0 Å². The number of benzene rings is 1. The molecule has 15 heavy (non-hydrogen) atoms. The average Bonchev–Trinajstić information content (AvgIpc) is 2.20. The van der Waals surface area contributed by atoms with E-state index in [-0.39, 0.29) is 0 Å². The van der Waals surface area contributed by atoms with Gasteiger partial charge in [0.1, 0.15) is 0 Å². The normalized spacial score (nSPS) is 8.93. The first-order valence-electron chi connectivity index (χ1n) is 5.25. The summed E-state index contributed by atoms with van der Waals surface area (Å²) in [7, 11) is 0. The molecule has 0 amide bonds. The second-order valence-corrected chi connectivity index (χ2v) is 4.15. The minimum absolute atomic E-state index is 0.327. The molecule has 0 spiro atoms. The molecule has 0 saturated heterocycles. The van der Waals surface area contributed by atoms with Gasteiger partial charge in [-0.05, 0) is 6.42 Å². The maximum atomic E-state index is 9.87. The fraction of sp³-hybridized carbons (Fsp3) is 0.417. The summed E-state index contributed by atoms with van der Waals surface area (Å²) in [6.07, 6.45) is 3.28. The minimum atomic E-state index is -0.682. The highest BCUT2D eigenvalue weighted by atomic mass is 24.4. The molecule has 2 nitrogen and oxygen atoms in total. The van der Waals surface area contributed by atoms with Crippen LogP contribution in [0.15, 0.2) is 30.3 Å². The highest BCUT2D eigenvalue weighted by molar-refractivity contribution is 6.32. The van der Waals surface area contributed by atoms with Crippen molar-refractivity contribution in [3.63, 3.8) is 0 Å². The van der Waals surface area contributed by atoms with Crippen LogP contribution in [0, 0.1) is 0 Å². The Bertz CT molecular complexity index is 260. The Morgan fingerprint density at radius 1 is 1.27 bits per heavy atom. The summed E-state index contributed by atoms with van der Waals surface area (Å²) in [4.78, 5) is 9.87. The van der Waals surface area contributed by atoms with Crippen molar-refractivity contribution in [2.24, 2.45) is 0 Å². The number of hydrogen-bond acceptors (Lipinski definition) is 1. The molecular weight excluding hydrogens is 200 g/mol. The van der Waals surface area contributed by atoms with Crippen LogP contribution in [0.1, 0.15) is 32.6 Å². The SMILES string of the molecule is CCCCCC(=O)O.[Mg+2][c]1ccccc1. The van der Waals surface area contributed by atoms with Crippen molar-refractivity contribution >= 4 is 31.4 Å². The number of unbranched alkanes of at least 4 members (excludes halogenated alkanes) is 2. The number of carbonyl (C=O) groups is 1. The Morgan fingerprint density at radius 2 is 1.87 bits per heavy atom. The van der Waals surface area contributed by atoms with Gasteiger partial charge in [0.2, 0.25) is 0 Å². The van der Waals surface area contributed by atoms with Gasteiger partial charge in [-0.1, -0.05) is 38.0 Å². The third-order valence-corrected chi connectivity index (χ3v) is 2.31. The van der Waals surface area contributed by atoms with E-state index < -0.39 is 5.97 Å². The summed E-state index contributed by atoms with van der Waals surface area (Å²) in [5.41, 5.74) is 0. The molecule has 0 bridgehead atoms. The number of aliphatic carboxylic acids is 1. The van der Waals surface area contributed by atoms with Crippen molar-refractivity contribution in [1.29, 1.82) is 0 Å². The van der Waals surface area contributed by atoms with Crippen LogP contribution in [0.4, 0.5) is 0 Å². The van der Waals surface area contributed by atoms with Gasteiger partial charge in [-0.2, -0.15) is 0 Å². The summed E-state index contributed by atoms with van der Waals surface area (Å²) >= 11 is 1.90. The molecule has 0 aliphatic heterocycles. The van der Waals surface area contributed by atoms with E-state index in [2.05, 4.69) is 19.1 Å². The lowest BCUT2D eigenvalue weighted by Crippen LogP contribution is -1.97. The van der Waals surface area contributed by atoms with E-state index in [1.807, 2.05) is 39.9 Å². The molecule has 0 aliphatic rings. The summed E-state index contributed by atoms with van der Waals surface area (Å²) in [5.74, 6) is -0.682. The standard InChI is InChI=1S/C6H12O2.C6H5.Mg/c1-2-3-4-5-6(7)8;1-2-4-6-5-3-1;/h2-5H2,1H3,(H,7,8);1-5H;/q;;+2. The highest BCUT2D eigenvalue weighted by Crippen LogP contribution is 1.97. The fourth-order valence-corrected chi connectivity index (χ4v) is 1.28. The molecule has 1 aromatic carbocycles. The van der Waals surface area contributed by atoms with Gasteiger partial charge in [-0.25, -0.2) is 0 Å². The molecule has 3 heteroatoms. The van der Waals surface area contributed by atoms with Crippen molar-refractivity contribution in [1.82, 2.24) is 0 Å². The molecule has 1 N–H and O–H groups in total. The van der Waals surface area contributed by atoms with Crippen molar-refractivity contribution in [3.8, 4) is 0 Å². The van der Waals surface area contributed by atoms with E-state index in [9.17, 15) is 4.79 Å². The summed E-state index contributed by atoms with van der Waals surface area (Å²) in [5, 5.41) is 8.14. The lowest BCUT2D eigenvalue weighted by Gasteiger charge is -1.89. The van der Waals surface area contributed by atoms with Crippen LogP contribution in [0.2, 0.25) is 0 Å². The third-order valence-electron chi connectivity index (χ3n) is 1.84. The molecule has 0 aliphatic carbocycles. The number of hydrogen-bond donors (Lipinski definition) is 1. The second-order valence-electron chi connectivity index (χ2n) is 3.34. The Balaban J connectivity index is 0.000000262. The molecule has 0 fully saturated rings. The Hall–Kier alpha value is -0.544. The lowest BCUT2D eigenvalue weighted by molar-refractivity contribution is -0.137. The van der Waals surface area contributed by atoms with Gasteiger partial charge in [0, 0.05) is 18.6 Å². The highest BCUT2D eigenvalue weighted by Gasteiger charge is 2.28. The molecule has 0 unspecified atom stereocenters. The second kappa shape index (κ2) is 9.99. The number of carboxylic acid groups (broad SMARTS) is 1. The smallest absolute Gasteiger partial charge is 0.481 e. The zero-order valence-corrected chi connectivity index (χ0v) is 10.7. The molecule has 1 aromatic rings. The van der Waals surface area contributed by atoms with Gasteiger partial charge in [0.05, 0.1) is 0 Å². The monoisotopic (exact) mass is 217 g/mol. The maximum absolute atomic E-state index is 9.87. The van der Waals surface area contributed by atoms with Gasteiger partial charge < -0.3 is 5.11 Å². The molecule has 0 aromatic heterocycles. The van der Waals surface area contributed by atoms with Crippen LogP contribution in [0.25, 0.3) is 0 Å². The quantitative estimate of drug-likeness (QED) is 0.620. The number of rotatable bonds is 4. The van der Waals surface area contributed by atoms with Crippen LogP contribution in [-0.4, -0.2) is 32.8 Å². The maximum Gasteiger partial charge on any atom is 1.47 e. The molecule has 0 heterocycles. The Morgan fingerprint density at radius 3 is 2.20 bits per heavy atom. The summed E-state index contributed by atoms with van der Waals surface area (Å²) < 4.78 is 1.35. The van der Waals surface area contributed by atoms with Crippen LogP contribution in [0.5, 0.6) is 0 Å². The van der Waals surface area contributed by atoms with Crippen molar-refractivity contribution in [2.45, 2.75) is 32.6 Å². The van der Waals surface area contributed by atoms with Gasteiger partial charge in [-0.15, -0.1) is 0 Å². The van der Waals surface area contributed by atoms with Crippen molar-refractivity contribution < 1.29 is 9.90 Å². The van der Waals surface area contributed by atoms with E-state index >= 15 is 0 Å². The predicted molar refractivity (Wildman–Crippen MR) is 63.6 cm³/mol. The topological polar surface area (TPSA) is 37.3 Å². The van der Waals surface area contributed by atoms with Crippen LogP contribution in [0.3, 0.4) is 0 Å². The molecule has 0 atom stereocenters. The minimum Gasteiger partial charge on any atom is -0.481 e. The first-order chi connectivity index (χ1) is 7.16.